The number of carbonyl (C=O) groups excluding carboxylic acids is 1. The number of aryl methyl sites for hydroxylation is 2. The minimum atomic E-state index is -0.274. The molecule has 0 aliphatic heterocycles. The highest BCUT2D eigenvalue weighted by atomic mass is 32.1. The molecule has 0 fully saturated rings. The Bertz CT molecular complexity index is 1160. The number of nitrogens with zero attached hydrogens (tertiary/aromatic N) is 4. The van der Waals surface area contributed by atoms with E-state index in [-0.39, 0.29) is 11.7 Å². The molecule has 1 amide bonds. The maximum Gasteiger partial charge on any atom is 0.258 e. The molecule has 0 unspecified atom stereocenters. The summed E-state index contributed by atoms with van der Waals surface area (Å²) >= 11 is 1.51. The van der Waals surface area contributed by atoms with Crippen LogP contribution in [0.15, 0.2) is 36.7 Å². The van der Waals surface area contributed by atoms with Crippen LogP contribution in [-0.2, 0) is 13.6 Å². The molecule has 1 aromatic carbocycles. The average molecular weight is 399 g/mol. The third kappa shape index (κ3) is 3.24. The van der Waals surface area contributed by atoms with Gasteiger partial charge in [-0.3, -0.25) is 13.9 Å². The third-order valence-electron chi connectivity index (χ3n) is 4.44. The van der Waals surface area contributed by atoms with Crippen molar-refractivity contribution in [3.8, 4) is 17.1 Å². The maximum absolute atomic E-state index is 13.1. The van der Waals surface area contributed by atoms with Gasteiger partial charge in [-0.25, -0.2) is 9.37 Å². The molecule has 7 nitrogen and oxygen atoms in total. The molecule has 0 bridgehead atoms. The van der Waals surface area contributed by atoms with E-state index < -0.39 is 0 Å². The van der Waals surface area contributed by atoms with Gasteiger partial charge in [-0.1, -0.05) is 11.3 Å². The summed E-state index contributed by atoms with van der Waals surface area (Å²) < 4.78 is 21.8. The number of amides is 1. The van der Waals surface area contributed by atoms with Crippen molar-refractivity contribution in [2.45, 2.75) is 13.5 Å². The van der Waals surface area contributed by atoms with E-state index in [0.29, 0.717) is 18.0 Å². The fourth-order valence-corrected chi connectivity index (χ4v) is 3.99. The van der Waals surface area contributed by atoms with Gasteiger partial charge in [0, 0.05) is 35.6 Å². The number of hydrogen-bond donors (Lipinski definition) is 1. The first-order valence-electron chi connectivity index (χ1n) is 8.55. The van der Waals surface area contributed by atoms with Crippen LogP contribution in [0.3, 0.4) is 0 Å². The fraction of sp³-hybridized carbons (Fsp3) is 0.211. The lowest BCUT2D eigenvalue weighted by Gasteiger charge is -2.04. The lowest BCUT2D eigenvalue weighted by atomic mass is 10.2. The minimum Gasteiger partial charge on any atom is -0.479 e. The molecule has 0 atom stereocenters. The van der Waals surface area contributed by atoms with Crippen LogP contribution in [0, 0.1) is 12.7 Å². The summed E-state index contributed by atoms with van der Waals surface area (Å²) in [5.41, 5.74) is 3.03. The molecule has 9 heteroatoms. The first-order valence-corrected chi connectivity index (χ1v) is 9.37. The van der Waals surface area contributed by atoms with Gasteiger partial charge in [0.2, 0.25) is 5.88 Å². The highest BCUT2D eigenvalue weighted by molar-refractivity contribution is 7.17. The van der Waals surface area contributed by atoms with Crippen LogP contribution in [0.25, 0.3) is 16.2 Å². The van der Waals surface area contributed by atoms with Crippen molar-refractivity contribution < 1.29 is 13.9 Å². The third-order valence-corrected chi connectivity index (χ3v) is 5.59. The molecule has 4 aromatic rings. The molecule has 4 rings (SSSR count). The van der Waals surface area contributed by atoms with Crippen molar-refractivity contribution in [2.75, 3.05) is 7.11 Å². The van der Waals surface area contributed by atoms with E-state index in [0.717, 1.165) is 26.8 Å². The van der Waals surface area contributed by atoms with Crippen LogP contribution in [0.5, 0.6) is 5.88 Å². The van der Waals surface area contributed by atoms with Gasteiger partial charge in [0.1, 0.15) is 11.4 Å². The van der Waals surface area contributed by atoms with E-state index in [9.17, 15) is 9.18 Å². The van der Waals surface area contributed by atoms with Crippen molar-refractivity contribution in [3.05, 3.63) is 58.6 Å². The highest BCUT2D eigenvalue weighted by Crippen LogP contribution is 2.27. The number of ether oxygens (including phenoxy) is 1. The molecule has 1 N–H and O–H groups in total. The molecular weight excluding hydrogens is 381 g/mol. The molecule has 0 radical (unpaired) electrons. The Morgan fingerprint density at radius 3 is 2.71 bits per heavy atom. The molecule has 0 aliphatic carbocycles. The van der Waals surface area contributed by atoms with E-state index >= 15 is 0 Å². The first-order chi connectivity index (χ1) is 13.5. The predicted molar refractivity (Wildman–Crippen MR) is 104 cm³/mol. The summed E-state index contributed by atoms with van der Waals surface area (Å²) in [5.74, 6) is -0.228. The van der Waals surface area contributed by atoms with Gasteiger partial charge in [-0.2, -0.15) is 0 Å². The van der Waals surface area contributed by atoms with Crippen molar-refractivity contribution in [1.82, 2.24) is 24.5 Å². The Morgan fingerprint density at radius 1 is 1.29 bits per heavy atom. The smallest absolute Gasteiger partial charge is 0.258 e. The second-order valence-corrected chi connectivity index (χ2v) is 7.37. The van der Waals surface area contributed by atoms with Crippen LogP contribution >= 0.6 is 11.3 Å². The van der Waals surface area contributed by atoms with Gasteiger partial charge < -0.3 is 10.1 Å². The minimum absolute atomic E-state index is 0.248. The van der Waals surface area contributed by atoms with Gasteiger partial charge >= 0.3 is 0 Å². The monoisotopic (exact) mass is 399 g/mol. The topological polar surface area (TPSA) is 73.5 Å². The van der Waals surface area contributed by atoms with E-state index in [4.69, 9.17) is 4.74 Å². The normalized spacial score (nSPS) is 11.1. The number of nitrogens with one attached hydrogen (secondary N) is 1. The van der Waals surface area contributed by atoms with Crippen LogP contribution in [0.4, 0.5) is 4.39 Å². The quantitative estimate of drug-likeness (QED) is 0.559. The van der Waals surface area contributed by atoms with Crippen molar-refractivity contribution in [3.63, 3.8) is 0 Å². The maximum atomic E-state index is 13.1. The first kappa shape index (κ1) is 18.2. The SMILES string of the molecule is COc1nn(C)cc1C(=O)NCc1sc2nc(-c3ccc(F)cc3)cn2c1C. The number of halogens is 1. The van der Waals surface area contributed by atoms with Gasteiger partial charge in [0.15, 0.2) is 4.96 Å². The highest BCUT2D eigenvalue weighted by Gasteiger charge is 2.18. The van der Waals surface area contributed by atoms with Gasteiger partial charge in [-0.15, -0.1) is 5.10 Å². The summed E-state index contributed by atoms with van der Waals surface area (Å²) in [4.78, 5) is 18.9. The Balaban J connectivity index is 1.53. The summed E-state index contributed by atoms with van der Waals surface area (Å²) in [7, 11) is 3.22. The molecule has 144 valence electrons. The second-order valence-electron chi connectivity index (χ2n) is 6.30. The zero-order valence-corrected chi connectivity index (χ0v) is 16.4. The van der Waals surface area contributed by atoms with Crippen LogP contribution in [-0.4, -0.2) is 32.2 Å². The second kappa shape index (κ2) is 7.08. The van der Waals surface area contributed by atoms with Crippen molar-refractivity contribution in [2.24, 2.45) is 7.05 Å². The zero-order valence-electron chi connectivity index (χ0n) is 15.6. The van der Waals surface area contributed by atoms with Gasteiger partial charge in [0.05, 0.1) is 19.3 Å². The standard InChI is InChI=1S/C19H18FN5O2S/c1-11-16(8-21-17(26)14-9-24(2)23-18(14)27-3)28-19-22-15(10-25(11)19)12-4-6-13(20)7-5-12/h4-7,9-10H,8H2,1-3H3,(H,21,26). The zero-order chi connectivity index (χ0) is 19.8. The number of fused-ring (bicyclic) bond motifs is 1. The number of aromatic nitrogens is 4. The van der Waals surface area contributed by atoms with E-state index in [2.05, 4.69) is 15.4 Å². The number of benzene rings is 1. The van der Waals surface area contributed by atoms with Crippen LogP contribution in [0.2, 0.25) is 0 Å². The lowest BCUT2D eigenvalue weighted by Crippen LogP contribution is -2.22. The summed E-state index contributed by atoms with van der Waals surface area (Å²) in [5, 5.41) is 6.99. The molecule has 0 saturated heterocycles. The Morgan fingerprint density at radius 2 is 2.04 bits per heavy atom. The van der Waals surface area contributed by atoms with Gasteiger partial charge in [-0.05, 0) is 31.2 Å². The number of thiazole rings is 1. The molecule has 28 heavy (non-hydrogen) atoms. The Kier molecular flexibility index (Phi) is 4.60. The number of methoxy groups -OCH3 is 1. The summed E-state index contributed by atoms with van der Waals surface area (Å²) in [6.45, 7) is 2.36. The number of rotatable bonds is 5. The summed E-state index contributed by atoms with van der Waals surface area (Å²) in [6.07, 6.45) is 3.54. The van der Waals surface area contributed by atoms with Crippen molar-refractivity contribution >= 4 is 22.2 Å². The lowest BCUT2D eigenvalue weighted by molar-refractivity contribution is 0.0948. The van der Waals surface area contributed by atoms with Gasteiger partial charge in [0.25, 0.3) is 5.91 Å². The fourth-order valence-electron chi connectivity index (χ4n) is 2.95. The van der Waals surface area contributed by atoms with E-state index in [1.165, 1.54) is 35.3 Å². The molecule has 3 heterocycles. The molecule has 0 aliphatic rings. The predicted octanol–water partition coefficient (Wildman–Crippen LogP) is 3.18. The largest absolute Gasteiger partial charge is 0.479 e. The Labute approximate surface area is 164 Å². The van der Waals surface area contributed by atoms with E-state index in [1.807, 2.05) is 17.5 Å². The number of hydrogen-bond acceptors (Lipinski definition) is 5. The van der Waals surface area contributed by atoms with Crippen LogP contribution < -0.4 is 10.1 Å². The van der Waals surface area contributed by atoms with Crippen molar-refractivity contribution in [1.29, 1.82) is 0 Å². The molecule has 0 saturated carbocycles. The molecule has 3 aromatic heterocycles. The van der Waals surface area contributed by atoms with Crippen LogP contribution in [0.1, 0.15) is 20.9 Å². The summed E-state index contributed by atoms with van der Waals surface area (Å²) in [6, 6.07) is 6.26. The Hall–Kier alpha value is -3.20. The molecular formula is C19H18FN5O2S. The number of imidazole rings is 1. The van der Waals surface area contributed by atoms with E-state index in [1.54, 1.807) is 25.4 Å². The average Bonchev–Trinajstić information content (AvgIpc) is 3.35. The number of carbonyl (C=O) groups is 1. The molecule has 0 spiro atoms.